The Bertz CT molecular complexity index is 458. The second-order valence-corrected chi connectivity index (χ2v) is 5.68. The Morgan fingerprint density at radius 2 is 1.70 bits per heavy atom. The number of ether oxygens (including phenoxy) is 1. The maximum Gasteiger partial charge on any atom is 0.306 e. The van der Waals surface area contributed by atoms with E-state index >= 15 is 0 Å². The molecule has 0 saturated heterocycles. The molecule has 0 fully saturated rings. The van der Waals surface area contributed by atoms with Crippen molar-refractivity contribution in [2.45, 2.75) is 46.0 Å². The molecule has 0 unspecified atom stereocenters. The number of carbonyl (C=O) groups is 2. The van der Waals surface area contributed by atoms with Gasteiger partial charge in [-0.15, -0.1) is 0 Å². The van der Waals surface area contributed by atoms with Crippen LogP contribution in [0.4, 0.5) is 5.69 Å². The van der Waals surface area contributed by atoms with Gasteiger partial charge in [0, 0.05) is 12.1 Å². The minimum atomic E-state index is -0.342. The van der Waals surface area contributed by atoms with E-state index in [4.69, 9.17) is 4.74 Å². The SMILES string of the molecule is CCOC(=O)CCC(=O)Nc1ccc(C(C)(C)C)cc1. The molecule has 0 aliphatic carbocycles. The van der Waals surface area contributed by atoms with Crippen LogP contribution >= 0.6 is 0 Å². The molecule has 0 saturated carbocycles. The number of carbonyl (C=O) groups excluding carboxylic acids is 2. The first-order valence-electron chi connectivity index (χ1n) is 6.89. The molecule has 1 rings (SSSR count). The summed E-state index contributed by atoms with van der Waals surface area (Å²) in [5, 5.41) is 2.77. The highest BCUT2D eigenvalue weighted by Crippen LogP contribution is 2.23. The summed E-state index contributed by atoms with van der Waals surface area (Å²) < 4.78 is 4.78. The number of esters is 1. The number of hydrogen-bond acceptors (Lipinski definition) is 3. The summed E-state index contributed by atoms with van der Waals surface area (Å²) in [7, 11) is 0. The van der Waals surface area contributed by atoms with Crippen molar-refractivity contribution < 1.29 is 14.3 Å². The first-order valence-corrected chi connectivity index (χ1v) is 6.89. The summed E-state index contributed by atoms with van der Waals surface area (Å²) in [6, 6.07) is 7.76. The molecule has 0 bridgehead atoms. The Hall–Kier alpha value is -1.84. The number of benzene rings is 1. The molecule has 0 spiro atoms. The van der Waals surface area contributed by atoms with Crippen molar-refractivity contribution in [3.63, 3.8) is 0 Å². The van der Waals surface area contributed by atoms with Crippen molar-refractivity contribution in [3.05, 3.63) is 29.8 Å². The first kappa shape index (κ1) is 16.2. The van der Waals surface area contributed by atoms with Crippen molar-refractivity contribution >= 4 is 17.6 Å². The van der Waals surface area contributed by atoms with Crippen molar-refractivity contribution in [3.8, 4) is 0 Å². The van der Waals surface area contributed by atoms with E-state index in [9.17, 15) is 9.59 Å². The molecule has 4 nitrogen and oxygen atoms in total. The van der Waals surface area contributed by atoms with Crippen LogP contribution in [-0.2, 0) is 19.7 Å². The third-order valence-corrected chi connectivity index (χ3v) is 2.90. The topological polar surface area (TPSA) is 55.4 Å². The third-order valence-electron chi connectivity index (χ3n) is 2.90. The summed E-state index contributed by atoms with van der Waals surface area (Å²) in [5.74, 6) is -0.521. The lowest BCUT2D eigenvalue weighted by Crippen LogP contribution is -2.15. The summed E-state index contributed by atoms with van der Waals surface area (Å²) in [6.45, 7) is 8.50. The van der Waals surface area contributed by atoms with Gasteiger partial charge in [0.1, 0.15) is 0 Å². The van der Waals surface area contributed by atoms with E-state index in [1.165, 1.54) is 5.56 Å². The van der Waals surface area contributed by atoms with E-state index in [1.54, 1.807) is 6.92 Å². The Morgan fingerprint density at radius 1 is 1.10 bits per heavy atom. The van der Waals surface area contributed by atoms with Crippen molar-refractivity contribution in [1.82, 2.24) is 0 Å². The van der Waals surface area contributed by atoms with Crippen molar-refractivity contribution in [1.29, 1.82) is 0 Å². The number of nitrogens with one attached hydrogen (secondary N) is 1. The molecule has 0 aliphatic rings. The summed E-state index contributed by atoms with van der Waals surface area (Å²) in [6.07, 6.45) is 0.250. The Kier molecular flexibility index (Phi) is 5.74. The zero-order valence-corrected chi connectivity index (χ0v) is 12.7. The van der Waals surface area contributed by atoms with E-state index in [0.29, 0.717) is 6.61 Å². The predicted octanol–water partition coefficient (Wildman–Crippen LogP) is 3.27. The molecule has 0 aromatic heterocycles. The molecular weight excluding hydrogens is 254 g/mol. The lowest BCUT2D eigenvalue weighted by molar-refractivity contribution is -0.144. The van der Waals surface area contributed by atoms with Crippen LogP contribution in [0.1, 0.15) is 46.1 Å². The van der Waals surface area contributed by atoms with Crippen LogP contribution in [0.3, 0.4) is 0 Å². The Morgan fingerprint density at radius 3 is 2.20 bits per heavy atom. The van der Waals surface area contributed by atoms with Crippen LogP contribution in [0.5, 0.6) is 0 Å². The van der Waals surface area contributed by atoms with Gasteiger partial charge in [0.25, 0.3) is 0 Å². The zero-order valence-electron chi connectivity index (χ0n) is 12.7. The molecular formula is C16H23NO3. The number of anilines is 1. The fraction of sp³-hybridized carbons (Fsp3) is 0.500. The zero-order chi connectivity index (χ0) is 15.2. The maximum atomic E-state index is 11.7. The molecule has 1 amide bonds. The molecule has 0 heterocycles. The van der Waals surface area contributed by atoms with E-state index in [0.717, 1.165) is 5.69 Å². The molecule has 20 heavy (non-hydrogen) atoms. The maximum absolute atomic E-state index is 11.7. The molecule has 110 valence electrons. The van der Waals surface area contributed by atoms with Gasteiger partial charge in [-0.25, -0.2) is 0 Å². The molecule has 4 heteroatoms. The van der Waals surface area contributed by atoms with Gasteiger partial charge in [0.05, 0.1) is 13.0 Å². The highest BCUT2D eigenvalue weighted by Gasteiger charge is 2.13. The van der Waals surface area contributed by atoms with Crippen molar-refractivity contribution in [2.24, 2.45) is 0 Å². The average Bonchev–Trinajstić information content (AvgIpc) is 2.36. The van der Waals surface area contributed by atoms with E-state index < -0.39 is 0 Å². The van der Waals surface area contributed by atoms with Crippen LogP contribution in [-0.4, -0.2) is 18.5 Å². The quantitative estimate of drug-likeness (QED) is 0.840. The summed E-state index contributed by atoms with van der Waals surface area (Å²) >= 11 is 0. The van der Waals surface area contributed by atoms with Crippen LogP contribution in [0.2, 0.25) is 0 Å². The third kappa shape index (κ3) is 5.43. The standard InChI is InChI=1S/C16H23NO3/c1-5-20-15(19)11-10-14(18)17-13-8-6-12(7-9-13)16(2,3)4/h6-9H,5,10-11H2,1-4H3,(H,17,18). The van der Waals surface area contributed by atoms with E-state index in [1.807, 2.05) is 24.3 Å². The van der Waals surface area contributed by atoms with Crippen LogP contribution < -0.4 is 5.32 Å². The summed E-state index contributed by atoms with van der Waals surface area (Å²) in [4.78, 5) is 22.8. The van der Waals surface area contributed by atoms with Gasteiger partial charge < -0.3 is 10.1 Å². The smallest absolute Gasteiger partial charge is 0.306 e. The van der Waals surface area contributed by atoms with E-state index in [-0.39, 0.29) is 30.1 Å². The van der Waals surface area contributed by atoms with Gasteiger partial charge >= 0.3 is 5.97 Å². The Labute approximate surface area is 120 Å². The van der Waals surface area contributed by atoms with Crippen LogP contribution in [0, 0.1) is 0 Å². The largest absolute Gasteiger partial charge is 0.466 e. The number of rotatable bonds is 5. The molecule has 0 radical (unpaired) electrons. The molecule has 1 aromatic carbocycles. The van der Waals surface area contributed by atoms with Gasteiger partial charge in [0.2, 0.25) is 5.91 Å². The van der Waals surface area contributed by atoms with Crippen LogP contribution in [0.25, 0.3) is 0 Å². The number of hydrogen-bond donors (Lipinski definition) is 1. The highest BCUT2D eigenvalue weighted by molar-refractivity contribution is 5.92. The minimum Gasteiger partial charge on any atom is -0.466 e. The highest BCUT2D eigenvalue weighted by atomic mass is 16.5. The molecule has 1 N–H and O–H groups in total. The average molecular weight is 277 g/mol. The molecule has 0 atom stereocenters. The van der Waals surface area contributed by atoms with Gasteiger partial charge in [-0.05, 0) is 30.0 Å². The van der Waals surface area contributed by atoms with Gasteiger partial charge in [-0.1, -0.05) is 32.9 Å². The lowest BCUT2D eigenvalue weighted by atomic mass is 9.87. The van der Waals surface area contributed by atoms with Gasteiger partial charge in [0.15, 0.2) is 0 Å². The van der Waals surface area contributed by atoms with E-state index in [2.05, 4.69) is 26.1 Å². The van der Waals surface area contributed by atoms with Crippen LogP contribution in [0.15, 0.2) is 24.3 Å². The first-order chi connectivity index (χ1) is 9.32. The molecule has 0 aliphatic heterocycles. The van der Waals surface area contributed by atoms with Crippen molar-refractivity contribution in [2.75, 3.05) is 11.9 Å². The van der Waals surface area contributed by atoms with Gasteiger partial charge in [-0.2, -0.15) is 0 Å². The fourth-order valence-corrected chi connectivity index (χ4v) is 1.73. The molecule has 1 aromatic rings. The Balaban J connectivity index is 2.48. The second kappa shape index (κ2) is 7.08. The minimum absolute atomic E-state index is 0.0897. The normalized spacial score (nSPS) is 11.0. The fourth-order valence-electron chi connectivity index (χ4n) is 1.73. The monoisotopic (exact) mass is 277 g/mol. The number of amides is 1. The lowest BCUT2D eigenvalue weighted by Gasteiger charge is -2.19. The second-order valence-electron chi connectivity index (χ2n) is 5.68. The van der Waals surface area contributed by atoms with Gasteiger partial charge in [-0.3, -0.25) is 9.59 Å². The summed E-state index contributed by atoms with van der Waals surface area (Å²) in [5.41, 5.74) is 2.04. The predicted molar refractivity (Wildman–Crippen MR) is 79.6 cm³/mol.